The molecule has 0 aromatic heterocycles. The van der Waals surface area contributed by atoms with E-state index in [1.807, 2.05) is 0 Å². The number of hydrogen-bond donors (Lipinski definition) is 1. The molecule has 0 aromatic rings. The SMILES string of the molecule is C[SiH](C)N([SiH](C)Br)[SH](C)C. The summed E-state index contributed by atoms with van der Waals surface area (Å²) in [5.41, 5.74) is 0. The molecule has 5 heteroatoms. The quantitative estimate of drug-likeness (QED) is 0.459. The summed E-state index contributed by atoms with van der Waals surface area (Å²) in [5.74, 6) is 0. The van der Waals surface area contributed by atoms with E-state index in [0.29, 0.717) is 0 Å². The highest BCUT2D eigenvalue weighted by Crippen LogP contribution is 2.26. The van der Waals surface area contributed by atoms with Crippen molar-refractivity contribution in [1.82, 2.24) is 3.64 Å². The Balaban J connectivity index is 3.98. The van der Waals surface area contributed by atoms with E-state index in [1.54, 1.807) is 0 Å². The molecule has 0 aliphatic carbocycles. The lowest BCUT2D eigenvalue weighted by atomic mass is 11.9. The molecule has 0 aliphatic heterocycles. The normalized spacial score (nSPS) is 16.2. The van der Waals surface area contributed by atoms with Crippen LogP contribution >= 0.6 is 26.4 Å². The topological polar surface area (TPSA) is 3.24 Å². The van der Waals surface area contributed by atoms with Crippen LogP contribution in [-0.2, 0) is 0 Å². The Hall–Kier alpha value is 1.22. The van der Waals surface area contributed by atoms with E-state index in [2.05, 4.69) is 51.1 Å². The molecular formula is C5H18BrNSSi2. The first kappa shape index (κ1) is 11.2. The minimum absolute atomic E-state index is 0.167. The fraction of sp³-hybridized carbons (Fsp3) is 1.00. The number of halogens is 1. The molecule has 64 valence electrons. The monoisotopic (exact) mass is 259 g/mol. The Bertz CT molecular complexity index is 80.6. The molecule has 0 aliphatic rings. The first-order chi connectivity index (χ1) is 4.46. The Kier molecular flexibility index (Phi) is 5.58. The van der Waals surface area contributed by atoms with Crippen LogP contribution in [0.2, 0.25) is 19.6 Å². The molecule has 1 unspecified atom stereocenters. The van der Waals surface area contributed by atoms with E-state index in [1.165, 1.54) is 0 Å². The molecule has 0 saturated carbocycles. The van der Waals surface area contributed by atoms with Crippen LogP contribution in [0.4, 0.5) is 0 Å². The van der Waals surface area contributed by atoms with Gasteiger partial charge in [-0.05, 0) is 19.1 Å². The Morgan fingerprint density at radius 3 is 1.60 bits per heavy atom. The van der Waals surface area contributed by atoms with Gasteiger partial charge in [-0.3, -0.25) is 0 Å². The molecule has 0 amide bonds. The largest absolute Gasteiger partial charge is 0.307 e. The summed E-state index contributed by atoms with van der Waals surface area (Å²) >= 11 is 3.92. The Morgan fingerprint density at radius 2 is 1.60 bits per heavy atom. The molecule has 0 spiro atoms. The van der Waals surface area contributed by atoms with Crippen LogP contribution in [0.1, 0.15) is 0 Å². The smallest absolute Gasteiger partial charge is 0.185 e. The van der Waals surface area contributed by atoms with E-state index in [0.717, 1.165) is 0 Å². The number of thiol groups is 1. The molecule has 0 N–H and O–H groups in total. The number of rotatable bonds is 3. The Morgan fingerprint density at radius 1 is 1.20 bits per heavy atom. The highest BCUT2D eigenvalue weighted by molar-refractivity contribution is 9.24. The van der Waals surface area contributed by atoms with Gasteiger partial charge in [-0.2, -0.15) is 0 Å². The second-order valence-electron chi connectivity index (χ2n) is 2.89. The van der Waals surface area contributed by atoms with Crippen LogP contribution in [0.15, 0.2) is 0 Å². The zero-order chi connectivity index (χ0) is 8.31. The van der Waals surface area contributed by atoms with Crippen molar-refractivity contribution in [3.63, 3.8) is 0 Å². The van der Waals surface area contributed by atoms with Crippen LogP contribution in [0.3, 0.4) is 0 Å². The van der Waals surface area contributed by atoms with Crippen molar-refractivity contribution in [2.45, 2.75) is 19.6 Å². The third kappa shape index (κ3) is 3.57. The predicted octanol–water partition coefficient (Wildman–Crippen LogP) is 1.69. The highest BCUT2D eigenvalue weighted by Gasteiger charge is 2.17. The standard InChI is InChI=1S/C5H18BrNSSi2/c1-8(2)7(9(3)4)10(5)6/h8-10H,1-5H3. The lowest BCUT2D eigenvalue weighted by molar-refractivity contribution is 1.10. The zero-order valence-corrected chi connectivity index (χ0v) is 12.2. The maximum absolute atomic E-state index is 3.76. The molecule has 0 saturated heterocycles. The summed E-state index contributed by atoms with van der Waals surface area (Å²) in [4.78, 5) is 0. The van der Waals surface area contributed by atoms with E-state index >= 15 is 0 Å². The molecular weight excluding hydrogens is 242 g/mol. The number of nitrogens with zero attached hydrogens (tertiary/aromatic N) is 1. The van der Waals surface area contributed by atoms with Crippen molar-refractivity contribution in [3.05, 3.63) is 0 Å². The van der Waals surface area contributed by atoms with Gasteiger partial charge >= 0.3 is 0 Å². The van der Waals surface area contributed by atoms with Crippen molar-refractivity contribution in [2.75, 3.05) is 12.5 Å². The van der Waals surface area contributed by atoms with Gasteiger partial charge in [0, 0.05) is 0 Å². The van der Waals surface area contributed by atoms with Gasteiger partial charge < -0.3 is 3.64 Å². The molecule has 1 atom stereocenters. The molecule has 10 heavy (non-hydrogen) atoms. The van der Waals surface area contributed by atoms with Crippen molar-refractivity contribution in [1.29, 1.82) is 0 Å². The summed E-state index contributed by atoms with van der Waals surface area (Å²) in [6, 6.07) is 0. The van der Waals surface area contributed by atoms with Crippen molar-refractivity contribution in [2.24, 2.45) is 0 Å². The van der Waals surface area contributed by atoms with Gasteiger partial charge in [0.2, 0.25) is 0 Å². The average molecular weight is 260 g/mol. The minimum Gasteiger partial charge on any atom is -0.307 e. The third-order valence-electron chi connectivity index (χ3n) is 1.36. The van der Waals surface area contributed by atoms with Crippen LogP contribution in [-0.4, -0.2) is 32.7 Å². The summed E-state index contributed by atoms with van der Waals surface area (Å²) in [6.45, 7) is 7.18. The van der Waals surface area contributed by atoms with Crippen molar-refractivity contribution < 1.29 is 0 Å². The van der Waals surface area contributed by atoms with Gasteiger partial charge in [-0.15, -0.1) is 15.3 Å². The molecule has 1 nitrogen and oxygen atoms in total. The average Bonchev–Trinajstić information content (AvgIpc) is 1.59. The first-order valence-corrected chi connectivity index (χ1v) is 13.4. The fourth-order valence-corrected chi connectivity index (χ4v) is 18.3. The van der Waals surface area contributed by atoms with Crippen LogP contribution in [0.5, 0.6) is 0 Å². The van der Waals surface area contributed by atoms with Crippen LogP contribution < -0.4 is 0 Å². The van der Waals surface area contributed by atoms with E-state index in [4.69, 9.17) is 0 Å². The van der Waals surface area contributed by atoms with Gasteiger partial charge in [-0.25, -0.2) is 11.1 Å². The molecule has 0 rings (SSSR count). The first-order valence-electron chi connectivity index (χ1n) is 3.56. The molecule has 0 bridgehead atoms. The van der Waals surface area contributed by atoms with Gasteiger partial charge in [0.15, 0.2) is 7.58 Å². The fourth-order valence-electron chi connectivity index (χ4n) is 1.19. The zero-order valence-electron chi connectivity index (χ0n) is 7.43. The van der Waals surface area contributed by atoms with E-state index < -0.39 is 16.5 Å². The maximum atomic E-state index is 3.76. The summed E-state index contributed by atoms with van der Waals surface area (Å²) < 4.78 is 2.76. The van der Waals surface area contributed by atoms with E-state index in [-0.39, 0.29) is 11.1 Å². The minimum atomic E-state index is -0.665. The molecule has 0 radical (unpaired) electrons. The second kappa shape index (κ2) is 4.97. The summed E-state index contributed by atoms with van der Waals surface area (Å²) in [6.07, 6.45) is 4.71. The van der Waals surface area contributed by atoms with Crippen molar-refractivity contribution >= 4 is 42.9 Å². The molecule has 0 aromatic carbocycles. The highest BCUT2D eigenvalue weighted by atomic mass is 79.9. The van der Waals surface area contributed by atoms with E-state index in [9.17, 15) is 0 Å². The van der Waals surface area contributed by atoms with Crippen LogP contribution in [0, 0.1) is 0 Å². The Labute approximate surface area is 78.6 Å². The van der Waals surface area contributed by atoms with Gasteiger partial charge in [0.25, 0.3) is 0 Å². The molecule has 0 fully saturated rings. The van der Waals surface area contributed by atoms with Gasteiger partial charge in [0.1, 0.15) is 8.96 Å². The molecule has 0 heterocycles. The maximum Gasteiger partial charge on any atom is 0.185 e. The van der Waals surface area contributed by atoms with Gasteiger partial charge in [-0.1, -0.05) is 13.1 Å². The third-order valence-corrected chi connectivity index (χ3v) is 16.0. The number of hydrogen-bond acceptors (Lipinski definition) is 1. The van der Waals surface area contributed by atoms with Crippen LogP contribution in [0.25, 0.3) is 0 Å². The lowest BCUT2D eigenvalue weighted by Crippen LogP contribution is -2.38. The van der Waals surface area contributed by atoms with Crippen molar-refractivity contribution in [3.8, 4) is 0 Å². The predicted molar refractivity (Wildman–Crippen MR) is 63.5 cm³/mol. The van der Waals surface area contributed by atoms with Gasteiger partial charge in [0.05, 0.1) is 0 Å². The second-order valence-corrected chi connectivity index (χ2v) is 14.9. The summed E-state index contributed by atoms with van der Waals surface area (Å²) in [5, 5.41) is 0. The summed E-state index contributed by atoms with van der Waals surface area (Å²) in [7, 11) is -1.19. The lowest BCUT2D eigenvalue weighted by Gasteiger charge is -2.34.